The molecule has 140 valence electrons. The number of rotatable bonds is 7. The molecular formula is C19H27N5O2. The lowest BCUT2D eigenvalue weighted by Gasteiger charge is -2.34. The van der Waals surface area contributed by atoms with Gasteiger partial charge in [0, 0.05) is 44.5 Å². The molecule has 0 bridgehead atoms. The lowest BCUT2D eigenvalue weighted by atomic mass is 10.2. The number of carbonyl (C=O) groups excluding carboxylic acids is 1. The Balaban J connectivity index is 1.58. The van der Waals surface area contributed by atoms with Crippen LogP contribution in [0.1, 0.15) is 42.4 Å². The zero-order valence-electron chi connectivity index (χ0n) is 15.6. The number of nitrogens with one attached hydrogen (secondary N) is 1. The van der Waals surface area contributed by atoms with Crippen LogP contribution in [0.25, 0.3) is 0 Å². The fourth-order valence-corrected chi connectivity index (χ4v) is 3.04. The van der Waals surface area contributed by atoms with E-state index >= 15 is 0 Å². The number of hydrogen-bond donors (Lipinski definition) is 1. The molecule has 0 saturated carbocycles. The van der Waals surface area contributed by atoms with Gasteiger partial charge in [-0.25, -0.2) is 4.98 Å². The van der Waals surface area contributed by atoms with Gasteiger partial charge in [0.1, 0.15) is 5.82 Å². The van der Waals surface area contributed by atoms with Crippen LogP contribution in [0.15, 0.2) is 28.9 Å². The summed E-state index contributed by atoms with van der Waals surface area (Å²) in [5.41, 5.74) is 0.946. The average Bonchev–Trinajstić information content (AvgIpc) is 3.19. The van der Waals surface area contributed by atoms with Crippen molar-refractivity contribution in [3.63, 3.8) is 0 Å². The van der Waals surface area contributed by atoms with Crippen LogP contribution in [0.4, 0.5) is 11.8 Å². The van der Waals surface area contributed by atoms with Crippen LogP contribution in [0.2, 0.25) is 0 Å². The fraction of sp³-hybridized carbons (Fsp3) is 0.526. The molecule has 3 heterocycles. The van der Waals surface area contributed by atoms with Gasteiger partial charge in [0.25, 0.3) is 5.91 Å². The van der Waals surface area contributed by atoms with Crippen LogP contribution in [-0.2, 0) is 0 Å². The number of amides is 1. The largest absolute Gasteiger partial charge is 0.459 e. The number of hydrogen-bond acceptors (Lipinski definition) is 6. The Morgan fingerprint density at radius 2 is 2.04 bits per heavy atom. The highest BCUT2D eigenvalue weighted by atomic mass is 16.3. The Hall–Kier alpha value is -2.57. The van der Waals surface area contributed by atoms with E-state index in [9.17, 15) is 4.79 Å². The molecular weight excluding hydrogens is 330 g/mol. The minimum Gasteiger partial charge on any atom is -0.459 e. The third-order valence-electron chi connectivity index (χ3n) is 4.51. The van der Waals surface area contributed by atoms with Crippen molar-refractivity contribution < 1.29 is 9.21 Å². The molecule has 1 amide bonds. The maximum atomic E-state index is 12.4. The average molecular weight is 357 g/mol. The molecule has 0 radical (unpaired) electrons. The van der Waals surface area contributed by atoms with Crippen molar-refractivity contribution in [2.75, 3.05) is 42.9 Å². The molecule has 3 rings (SSSR count). The smallest absolute Gasteiger partial charge is 0.289 e. The summed E-state index contributed by atoms with van der Waals surface area (Å²) in [6.07, 6.45) is 5.09. The Labute approximate surface area is 154 Å². The van der Waals surface area contributed by atoms with E-state index in [4.69, 9.17) is 4.42 Å². The topological polar surface area (TPSA) is 74.5 Å². The second kappa shape index (κ2) is 8.69. The molecule has 7 nitrogen and oxygen atoms in total. The van der Waals surface area contributed by atoms with E-state index in [1.807, 2.05) is 17.9 Å². The highest BCUT2D eigenvalue weighted by molar-refractivity contribution is 5.91. The number of aromatic nitrogens is 2. The van der Waals surface area contributed by atoms with Gasteiger partial charge >= 0.3 is 0 Å². The molecule has 1 aliphatic rings. The summed E-state index contributed by atoms with van der Waals surface area (Å²) in [7, 11) is 0. The van der Waals surface area contributed by atoms with Crippen LogP contribution >= 0.6 is 0 Å². The number of carbonyl (C=O) groups is 1. The molecule has 0 atom stereocenters. The predicted octanol–water partition coefficient (Wildman–Crippen LogP) is 2.94. The Morgan fingerprint density at radius 1 is 1.23 bits per heavy atom. The molecule has 1 saturated heterocycles. The van der Waals surface area contributed by atoms with E-state index in [1.54, 1.807) is 12.1 Å². The van der Waals surface area contributed by atoms with Gasteiger partial charge < -0.3 is 19.5 Å². The number of unbranched alkanes of at least 4 members (excludes halogenated alkanes) is 2. The monoisotopic (exact) mass is 357 g/mol. The van der Waals surface area contributed by atoms with Crippen molar-refractivity contribution in [2.24, 2.45) is 0 Å². The molecule has 0 aliphatic carbocycles. The second-order valence-electron chi connectivity index (χ2n) is 6.58. The van der Waals surface area contributed by atoms with Gasteiger partial charge in [0.05, 0.1) is 6.26 Å². The normalized spacial score (nSPS) is 14.5. The van der Waals surface area contributed by atoms with E-state index in [2.05, 4.69) is 27.1 Å². The lowest BCUT2D eigenvalue weighted by molar-refractivity contribution is 0.0714. The third kappa shape index (κ3) is 4.53. The maximum Gasteiger partial charge on any atom is 0.289 e. The SMILES string of the molecule is CCCCCNc1cc(C)nc(N2CCN(C(=O)c3ccco3)CC2)n1. The standard InChI is InChI=1S/C19H27N5O2/c1-3-4-5-8-20-17-14-15(2)21-19(22-17)24-11-9-23(10-12-24)18(25)16-7-6-13-26-16/h6-7,13-14H,3-5,8-12H2,1-2H3,(H,20,21,22). The van der Waals surface area contributed by atoms with Crippen LogP contribution in [-0.4, -0.2) is 53.5 Å². The molecule has 0 aromatic carbocycles. The number of piperazine rings is 1. The van der Waals surface area contributed by atoms with Crippen molar-refractivity contribution in [2.45, 2.75) is 33.1 Å². The number of anilines is 2. The summed E-state index contributed by atoms with van der Waals surface area (Å²) in [4.78, 5) is 25.5. The molecule has 0 unspecified atom stereocenters. The first-order valence-electron chi connectivity index (χ1n) is 9.34. The van der Waals surface area contributed by atoms with Gasteiger partial charge in [-0.05, 0) is 25.5 Å². The quantitative estimate of drug-likeness (QED) is 0.768. The third-order valence-corrected chi connectivity index (χ3v) is 4.51. The summed E-state index contributed by atoms with van der Waals surface area (Å²) in [6, 6.07) is 5.42. The zero-order chi connectivity index (χ0) is 18.4. The van der Waals surface area contributed by atoms with E-state index in [0.29, 0.717) is 31.9 Å². The van der Waals surface area contributed by atoms with Crippen LogP contribution in [0.5, 0.6) is 0 Å². The number of aryl methyl sites for hydroxylation is 1. The first-order valence-corrected chi connectivity index (χ1v) is 9.34. The molecule has 26 heavy (non-hydrogen) atoms. The van der Waals surface area contributed by atoms with Gasteiger partial charge in [-0.1, -0.05) is 19.8 Å². The highest BCUT2D eigenvalue weighted by Crippen LogP contribution is 2.17. The van der Waals surface area contributed by atoms with E-state index in [1.165, 1.54) is 19.1 Å². The van der Waals surface area contributed by atoms with Gasteiger partial charge in [-0.3, -0.25) is 4.79 Å². The molecule has 1 aliphatic heterocycles. The highest BCUT2D eigenvalue weighted by Gasteiger charge is 2.25. The first-order chi connectivity index (χ1) is 12.7. The van der Waals surface area contributed by atoms with Gasteiger partial charge in [-0.2, -0.15) is 4.98 Å². The second-order valence-corrected chi connectivity index (χ2v) is 6.58. The molecule has 2 aromatic rings. The Bertz CT molecular complexity index is 709. The Kier molecular flexibility index (Phi) is 6.09. The van der Waals surface area contributed by atoms with Crippen LogP contribution in [0, 0.1) is 6.92 Å². The fourth-order valence-electron chi connectivity index (χ4n) is 3.04. The summed E-state index contributed by atoms with van der Waals surface area (Å²) in [6.45, 7) is 7.81. The maximum absolute atomic E-state index is 12.4. The summed E-state index contributed by atoms with van der Waals surface area (Å²) < 4.78 is 5.21. The van der Waals surface area contributed by atoms with Gasteiger partial charge in [0.15, 0.2) is 5.76 Å². The molecule has 1 fully saturated rings. The Morgan fingerprint density at radius 3 is 2.73 bits per heavy atom. The van der Waals surface area contributed by atoms with E-state index in [0.717, 1.165) is 30.4 Å². The van der Waals surface area contributed by atoms with Crippen LogP contribution in [0.3, 0.4) is 0 Å². The minimum absolute atomic E-state index is 0.0573. The lowest BCUT2D eigenvalue weighted by Crippen LogP contribution is -2.49. The van der Waals surface area contributed by atoms with Crippen LogP contribution < -0.4 is 10.2 Å². The number of nitrogens with zero attached hydrogens (tertiary/aromatic N) is 4. The molecule has 7 heteroatoms. The number of furan rings is 1. The van der Waals surface area contributed by atoms with Gasteiger partial charge in [0.2, 0.25) is 5.95 Å². The molecule has 2 aromatic heterocycles. The molecule has 1 N–H and O–H groups in total. The predicted molar refractivity (Wildman–Crippen MR) is 102 cm³/mol. The van der Waals surface area contributed by atoms with E-state index < -0.39 is 0 Å². The van der Waals surface area contributed by atoms with Crippen molar-refractivity contribution in [1.29, 1.82) is 0 Å². The van der Waals surface area contributed by atoms with Crippen molar-refractivity contribution >= 4 is 17.7 Å². The van der Waals surface area contributed by atoms with Crippen molar-refractivity contribution in [3.8, 4) is 0 Å². The summed E-state index contributed by atoms with van der Waals surface area (Å²) in [5.74, 6) is 1.94. The summed E-state index contributed by atoms with van der Waals surface area (Å²) in [5, 5.41) is 3.39. The first kappa shape index (κ1) is 18.2. The molecule has 0 spiro atoms. The minimum atomic E-state index is -0.0573. The summed E-state index contributed by atoms with van der Waals surface area (Å²) >= 11 is 0. The van der Waals surface area contributed by atoms with Gasteiger partial charge in [-0.15, -0.1) is 0 Å². The van der Waals surface area contributed by atoms with E-state index in [-0.39, 0.29) is 5.91 Å². The van der Waals surface area contributed by atoms with Crippen molar-refractivity contribution in [3.05, 3.63) is 35.9 Å². The van der Waals surface area contributed by atoms with Crippen molar-refractivity contribution in [1.82, 2.24) is 14.9 Å². The zero-order valence-corrected chi connectivity index (χ0v) is 15.6.